The van der Waals surface area contributed by atoms with Crippen molar-refractivity contribution in [2.24, 2.45) is 11.8 Å². The minimum atomic E-state index is -0.496. The maximum absolute atomic E-state index is 14.0. The molecule has 0 aromatic carbocycles. The van der Waals surface area contributed by atoms with Crippen molar-refractivity contribution in [2.75, 3.05) is 13.1 Å². The number of hydrogen-bond donors (Lipinski definition) is 1. The Hall–Kier alpha value is -0.110. The van der Waals surface area contributed by atoms with Crippen LogP contribution in [0.2, 0.25) is 0 Å². The second-order valence-corrected chi connectivity index (χ2v) is 4.58. The lowest BCUT2D eigenvalue weighted by molar-refractivity contribution is 0.126. The van der Waals surface area contributed by atoms with Crippen LogP contribution in [0.4, 0.5) is 4.39 Å². The van der Waals surface area contributed by atoms with E-state index in [1.165, 1.54) is 12.8 Å². The summed E-state index contributed by atoms with van der Waals surface area (Å²) in [6, 6.07) is 0. The maximum Gasteiger partial charge on any atom is 0.106 e. The van der Waals surface area contributed by atoms with Gasteiger partial charge in [-0.15, -0.1) is 0 Å². The molecule has 2 aliphatic rings. The van der Waals surface area contributed by atoms with Gasteiger partial charge >= 0.3 is 0 Å². The zero-order valence-corrected chi connectivity index (χ0v) is 8.27. The van der Waals surface area contributed by atoms with Crippen molar-refractivity contribution in [1.82, 2.24) is 5.32 Å². The molecule has 2 rings (SSSR count). The molecule has 1 N–H and O–H groups in total. The second-order valence-electron chi connectivity index (χ2n) is 4.58. The van der Waals surface area contributed by atoms with E-state index in [1.807, 2.05) is 0 Å². The third-order valence-corrected chi connectivity index (χ3v) is 3.68. The summed E-state index contributed by atoms with van der Waals surface area (Å²) >= 11 is 0. The molecule has 1 saturated heterocycles. The molecule has 0 amide bonds. The zero-order valence-electron chi connectivity index (χ0n) is 8.27. The van der Waals surface area contributed by atoms with Crippen molar-refractivity contribution >= 4 is 0 Å². The quantitative estimate of drug-likeness (QED) is 0.697. The van der Waals surface area contributed by atoms with Gasteiger partial charge in [0.1, 0.15) is 6.17 Å². The minimum absolute atomic E-state index is 0.365. The number of halogens is 1. The van der Waals surface area contributed by atoms with Crippen LogP contribution >= 0.6 is 0 Å². The summed E-state index contributed by atoms with van der Waals surface area (Å²) in [5.74, 6) is 0.771. The smallest absolute Gasteiger partial charge is 0.106 e. The SMILES string of the molecule is FC(C1CCCC1)C1CCNCC1. The van der Waals surface area contributed by atoms with Crippen molar-refractivity contribution in [2.45, 2.75) is 44.7 Å². The first kappa shape index (κ1) is 9.45. The number of nitrogens with one attached hydrogen (secondary N) is 1. The topological polar surface area (TPSA) is 12.0 Å². The van der Waals surface area contributed by atoms with E-state index < -0.39 is 6.17 Å². The van der Waals surface area contributed by atoms with Crippen molar-refractivity contribution in [3.8, 4) is 0 Å². The molecular formula is C11H20FN. The van der Waals surface area contributed by atoms with Gasteiger partial charge in [-0.25, -0.2) is 4.39 Å². The summed E-state index contributed by atoms with van der Waals surface area (Å²) in [5, 5.41) is 3.29. The van der Waals surface area contributed by atoms with Crippen LogP contribution < -0.4 is 5.32 Å². The fourth-order valence-corrected chi connectivity index (χ4v) is 2.82. The standard InChI is InChI=1S/C11H20FN/c12-11(9-3-1-2-4-9)10-5-7-13-8-6-10/h9-11,13H,1-8H2. The molecule has 2 fully saturated rings. The van der Waals surface area contributed by atoms with E-state index >= 15 is 0 Å². The van der Waals surface area contributed by atoms with Gasteiger partial charge in [0.25, 0.3) is 0 Å². The molecular weight excluding hydrogens is 165 g/mol. The van der Waals surface area contributed by atoms with E-state index in [0.29, 0.717) is 11.8 Å². The summed E-state index contributed by atoms with van der Waals surface area (Å²) in [4.78, 5) is 0. The summed E-state index contributed by atoms with van der Waals surface area (Å²) in [7, 11) is 0. The molecule has 76 valence electrons. The first-order chi connectivity index (χ1) is 6.38. The van der Waals surface area contributed by atoms with Crippen molar-refractivity contribution in [1.29, 1.82) is 0 Å². The highest BCUT2D eigenvalue weighted by atomic mass is 19.1. The van der Waals surface area contributed by atoms with Crippen molar-refractivity contribution < 1.29 is 4.39 Å². The summed E-state index contributed by atoms with van der Waals surface area (Å²) in [5.41, 5.74) is 0. The normalized spacial score (nSPS) is 29.3. The van der Waals surface area contributed by atoms with E-state index in [1.54, 1.807) is 0 Å². The number of alkyl halides is 1. The van der Waals surface area contributed by atoms with Gasteiger partial charge in [-0.05, 0) is 50.6 Å². The number of piperidine rings is 1. The Kier molecular flexibility index (Phi) is 3.20. The zero-order chi connectivity index (χ0) is 9.10. The monoisotopic (exact) mass is 185 g/mol. The third kappa shape index (κ3) is 2.22. The maximum atomic E-state index is 14.0. The lowest BCUT2D eigenvalue weighted by Crippen LogP contribution is -2.35. The van der Waals surface area contributed by atoms with E-state index in [-0.39, 0.29) is 0 Å². The molecule has 1 atom stereocenters. The largest absolute Gasteiger partial charge is 0.317 e. The van der Waals surface area contributed by atoms with Crippen LogP contribution in [0.1, 0.15) is 38.5 Å². The van der Waals surface area contributed by atoms with Gasteiger partial charge in [-0.3, -0.25) is 0 Å². The van der Waals surface area contributed by atoms with Gasteiger partial charge in [0.15, 0.2) is 0 Å². The molecule has 1 aliphatic carbocycles. The lowest BCUT2D eigenvalue weighted by Gasteiger charge is -2.29. The van der Waals surface area contributed by atoms with Crippen LogP contribution in [0.5, 0.6) is 0 Å². The molecule has 1 heterocycles. The van der Waals surface area contributed by atoms with Crippen LogP contribution in [-0.4, -0.2) is 19.3 Å². The van der Waals surface area contributed by atoms with Gasteiger partial charge in [0.05, 0.1) is 0 Å². The summed E-state index contributed by atoms with van der Waals surface area (Å²) in [6.07, 6.45) is 6.42. The van der Waals surface area contributed by atoms with Crippen LogP contribution in [0.15, 0.2) is 0 Å². The van der Waals surface area contributed by atoms with Crippen LogP contribution in [-0.2, 0) is 0 Å². The predicted octanol–water partition coefficient (Wildman–Crippen LogP) is 2.51. The molecule has 1 nitrogen and oxygen atoms in total. The van der Waals surface area contributed by atoms with Gasteiger partial charge in [0.2, 0.25) is 0 Å². The van der Waals surface area contributed by atoms with E-state index in [4.69, 9.17) is 0 Å². The van der Waals surface area contributed by atoms with E-state index in [0.717, 1.165) is 38.8 Å². The molecule has 1 aliphatic heterocycles. The molecule has 0 aromatic heterocycles. The minimum Gasteiger partial charge on any atom is -0.317 e. The van der Waals surface area contributed by atoms with Gasteiger partial charge in [0, 0.05) is 0 Å². The number of rotatable bonds is 2. The Morgan fingerprint density at radius 3 is 2.08 bits per heavy atom. The Bertz CT molecular complexity index is 148. The molecule has 1 saturated carbocycles. The molecule has 0 bridgehead atoms. The average molecular weight is 185 g/mol. The lowest BCUT2D eigenvalue weighted by atomic mass is 9.85. The third-order valence-electron chi connectivity index (χ3n) is 3.68. The highest BCUT2D eigenvalue weighted by Gasteiger charge is 2.31. The Morgan fingerprint density at radius 2 is 1.46 bits per heavy atom. The molecule has 0 aromatic rings. The first-order valence-corrected chi connectivity index (χ1v) is 5.72. The fraction of sp³-hybridized carbons (Fsp3) is 1.00. The second kappa shape index (κ2) is 4.41. The molecule has 13 heavy (non-hydrogen) atoms. The number of hydrogen-bond acceptors (Lipinski definition) is 1. The average Bonchev–Trinajstić information content (AvgIpc) is 2.71. The van der Waals surface area contributed by atoms with Crippen LogP contribution in [0.25, 0.3) is 0 Å². The van der Waals surface area contributed by atoms with Gasteiger partial charge in [-0.2, -0.15) is 0 Å². The molecule has 0 spiro atoms. The summed E-state index contributed by atoms with van der Waals surface area (Å²) < 4.78 is 14.0. The highest BCUT2D eigenvalue weighted by molar-refractivity contribution is 4.83. The van der Waals surface area contributed by atoms with Crippen LogP contribution in [0.3, 0.4) is 0 Å². The summed E-state index contributed by atoms with van der Waals surface area (Å²) in [6.45, 7) is 2.05. The van der Waals surface area contributed by atoms with Gasteiger partial charge < -0.3 is 5.32 Å². The fourth-order valence-electron chi connectivity index (χ4n) is 2.82. The Morgan fingerprint density at radius 1 is 0.923 bits per heavy atom. The highest BCUT2D eigenvalue weighted by Crippen LogP contribution is 2.35. The van der Waals surface area contributed by atoms with E-state index in [9.17, 15) is 4.39 Å². The first-order valence-electron chi connectivity index (χ1n) is 5.72. The van der Waals surface area contributed by atoms with Crippen LogP contribution in [0, 0.1) is 11.8 Å². The van der Waals surface area contributed by atoms with Gasteiger partial charge in [-0.1, -0.05) is 12.8 Å². The predicted molar refractivity (Wildman–Crippen MR) is 52.4 cm³/mol. The Balaban J connectivity index is 1.83. The molecule has 2 heteroatoms. The molecule has 0 radical (unpaired) electrons. The molecule has 1 unspecified atom stereocenters. The Labute approximate surface area is 80.1 Å². The van der Waals surface area contributed by atoms with Crippen molar-refractivity contribution in [3.05, 3.63) is 0 Å². The van der Waals surface area contributed by atoms with E-state index in [2.05, 4.69) is 5.32 Å². The van der Waals surface area contributed by atoms with Crippen molar-refractivity contribution in [3.63, 3.8) is 0 Å².